The number of likely N-dealkylation sites (tertiary alicyclic amines) is 1. The van der Waals surface area contributed by atoms with Crippen LogP contribution in [0.25, 0.3) is 0 Å². The van der Waals surface area contributed by atoms with E-state index in [-0.39, 0.29) is 23.7 Å². The van der Waals surface area contributed by atoms with Gasteiger partial charge in [0, 0.05) is 30.9 Å². The van der Waals surface area contributed by atoms with Gasteiger partial charge in [-0.3, -0.25) is 14.4 Å². The zero-order valence-electron chi connectivity index (χ0n) is 15.1. The van der Waals surface area contributed by atoms with Gasteiger partial charge in [0.1, 0.15) is 0 Å². The summed E-state index contributed by atoms with van der Waals surface area (Å²) in [4.78, 5) is 40.1. The molecule has 1 fully saturated rings. The summed E-state index contributed by atoms with van der Waals surface area (Å²) >= 11 is 0. The third-order valence-electron chi connectivity index (χ3n) is 5.13. The molecule has 3 rings (SSSR count). The average molecular weight is 356 g/mol. The van der Waals surface area contributed by atoms with E-state index in [2.05, 4.69) is 6.58 Å². The molecule has 26 heavy (non-hydrogen) atoms. The van der Waals surface area contributed by atoms with Crippen molar-refractivity contribution in [2.24, 2.45) is 5.92 Å². The summed E-state index contributed by atoms with van der Waals surface area (Å²) in [6, 6.07) is 5.48. The van der Waals surface area contributed by atoms with Crippen molar-refractivity contribution in [3.05, 3.63) is 42.0 Å². The van der Waals surface area contributed by atoms with Crippen molar-refractivity contribution in [2.45, 2.75) is 25.7 Å². The van der Waals surface area contributed by atoms with Crippen LogP contribution in [0.4, 0.5) is 5.69 Å². The molecule has 2 aliphatic heterocycles. The molecule has 6 heteroatoms. The fourth-order valence-corrected chi connectivity index (χ4v) is 3.77. The number of rotatable bonds is 3. The molecule has 0 bridgehead atoms. The van der Waals surface area contributed by atoms with Crippen molar-refractivity contribution < 1.29 is 19.1 Å². The third-order valence-corrected chi connectivity index (χ3v) is 5.13. The lowest BCUT2D eigenvalue weighted by Crippen LogP contribution is -2.42. The van der Waals surface area contributed by atoms with E-state index in [4.69, 9.17) is 4.74 Å². The fourth-order valence-electron chi connectivity index (χ4n) is 3.77. The number of carbonyl (C=O) groups excluding carboxylic acids is 3. The number of anilines is 1. The number of hydrogen-bond acceptors (Lipinski definition) is 4. The molecule has 2 amide bonds. The number of fused-ring (bicyclic) bond motifs is 1. The Morgan fingerprint density at radius 1 is 1.23 bits per heavy atom. The normalized spacial score (nSPS) is 19.5. The number of ether oxygens (including phenoxy) is 1. The van der Waals surface area contributed by atoms with E-state index < -0.39 is 0 Å². The quantitative estimate of drug-likeness (QED) is 0.615. The smallest absolute Gasteiger partial charge is 0.310 e. The van der Waals surface area contributed by atoms with Gasteiger partial charge in [0.05, 0.1) is 13.0 Å². The van der Waals surface area contributed by atoms with Crippen LogP contribution in [-0.2, 0) is 20.7 Å². The van der Waals surface area contributed by atoms with Gasteiger partial charge in [-0.05, 0) is 55.5 Å². The average Bonchev–Trinajstić information content (AvgIpc) is 2.71. The number of hydrogen-bond donors (Lipinski definition) is 0. The van der Waals surface area contributed by atoms with Crippen LogP contribution in [0.3, 0.4) is 0 Å². The van der Waals surface area contributed by atoms with Crippen molar-refractivity contribution in [2.75, 3.05) is 31.6 Å². The first-order valence-electron chi connectivity index (χ1n) is 8.99. The van der Waals surface area contributed by atoms with E-state index in [0.717, 1.165) is 36.9 Å². The van der Waals surface area contributed by atoms with Crippen LogP contribution in [-0.4, -0.2) is 49.4 Å². The zero-order valence-corrected chi connectivity index (χ0v) is 15.1. The number of piperidine rings is 1. The molecule has 1 atom stereocenters. The molecular formula is C20H24N2O4. The summed E-state index contributed by atoms with van der Waals surface area (Å²) in [6.45, 7) is 5.25. The highest BCUT2D eigenvalue weighted by Gasteiger charge is 2.30. The van der Waals surface area contributed by atoms with E-state index in [1.807, 2.05) is 12.1 Å². The van der Waals surface area contributed by atoms with Crippen LogP contribution in [0.15, 0.2) is 30.9 Å². The molecule has 0 unspecified atom stereocenters. The SMILES string of the molecule is C=CC(=O)N1CCCc2cc(C(=O)N3CCC[C@H](C(=O)OC)C3)ccc21. The summed E-state index contributed by atoms with van der Waals surface area (Å²) in [5, 5.41) is 0. The number of methoxy groups -OCH3 is 1. The van der Waals surface area contributed by atoms with Crippen LogP contribution in [0, 0.1) is 5.92 Å². The first kappa shape index (κ1) is 18.2. The summed E-state index contributed by atoms with van der Waals surface area (Å²) < 4.78 is 4.82. The van der Waals surface area contributed by atoms with Gasteiger partial charge >= 0.3 is 5.97 Å². The largest absolute Gasteiger partial charge is 0.469 e. The second kappa shape index (κ2) is 7.72. The van der Waals surface area contributed by atoms with Gasteiger partial charge < -0.3 is 14.5 Å². The molecule has 1 aromatic carbocycles. The molecule has 6 nitrogen and oxygen atoms in total. The Balaban J connectivity index is 1.79. The maximum absolute atomic E-state index is 12.9. The maximum Gasteiger partial charge on any atom is 0.310 e. The summed E-state index contributed by atoms with van der Waals surface area (Å²) in [5.41, 5.74) is 2.45. The van der Waals surface area contributed by atoms with E-state index in [0.29, 0.717) is 25.2 Å². The van der Waals surface area contributed by atoms with Crippen LogP contribution in [0.1, 0.15) is 35.2 Å². The Labute approximate surface area is 153 Å². The Morgan fingerprint density at radius 3 is 2.77 bits per heavy atom. The minimum absolute atomic E-state index is 0.0754. The predicted octanol–water partition coefficient (Wildman–Crippen LogP) is 2.18. The van der Waals surface area contributed by atoms with Gasteiger partial charge in [-0.25, -0.2) is 0 Å². The molecule has 0 N–H and O–H groups in total. The monoisotopic (exact) mass is 356 g/mol. The molecule has 2 aliphatic rings. The molecule has 1 saturated heterocycles. The van der Waals surface area contributed by atoms with Gasteiger partial charge in [-0.15, -0.1) is 0 Å². The van der Waals surface area contributed by atoms with Gasteiger partial charge in [0.2, 0.25) is 5.91 Å². The molecule has 0 radical (unpaired) electrons. The van der Waals surface area contributed by atoms with Crippen molar-refractivity contribution in [3.8, 4) is 0 Å². The standard InChI is InChI=1S/C20H24N2O4/c1-3-18(23)22-11-5-6-14-12-15(8-9-17(14)22)19(24)21-10-4-7-16(13-21)20(25)26-2/h3,8-9,12,16H,1,4-7,10-11,13H2,2H3/t16-/m0/s1. The molecule has 138 valence electrons. The van der Waals surface area contributed by atoms with Crippen LogP contribution in [0.5, 0.6) is 0 Å². The zero-order chi connectivity index (χ0) is 18.7. The van der Waals surface area contributed by atoms with Crippen molar-refractivity contribution >= 4 is 23.5 Å². The topological polar surface area (TPSA) is 66.9 Å². The number of benzene rings is 1. The molecule has 0 saturated carbocycles. The van der Waals surface area contributed by atoms with E-state index in [1.54, 1.807) is 15.9 Å². The minimum atomic E-state index is -0.258. The Morgan fingerprint density at radius 2 is 2.04 bits per heavy atom. The lowest BCUT2D eigenvalue weighted by Gasteiger charge is -2.32. The van der Waals surface area contributed by atoms with Crippen LogP contribution in [0.2, 0.25) is 0 Å². The second-order valence-corrected chi connectivity index (χ2v) is 6.75. The van der Waals surface area contributed by atoms with Gasteiger partial charge in [-0.1, -0.05) is 6.58 Å². The first-order valence-corrected chi connectivity index (χ1v) is 8.99. The third kappa shape index (κ3) is 3.49. The van der Waals surface area contributed by atoms with Gasteiger partial charge in [0.15, 0.2) is 0 Å². The number of carbonyl (C=O) groups is 3. The lowest BCUT2D eigenvalue weighted by molar-refractivity contribution is -0.146. The number of nitrogens with zero attached hydrogens (tertiary/aromatic N) is 2. The van der Waals surface area contributed by atoms with E-state index in [1.165, 1.54) is 13.2 Å². The predicted molar refractivity (Wildman–Crippen MR) is 98.0 cm³/mol. The highest BCUT2D eigenvalue weighted by molar-refractivity contribution is 6.02. The Bertz CT molecular complexity index is 743. The Kier molecular flexibility index (Phi) is 5.40. The van der Waals surface area contributed by atoms with Crippen molar-refractivity contribution in [1.29, 1.82) is 0 Å². The molecule has 0 spiro atoms. The molecule has 1 aromatic rings. The number of aryl methyl sites for hydroxylation is 1. The van der Waals surface area contributed by atoms with Crippen LogP contribution >= 0.6 is 0 Å². The molecular weight excluding hydrogens is 332 g/mol. The van der Waals surface area contributed by atoms with Gasteiger partial charge in [-0.2, -0.15) is 0 Å². The highest BCUT2D eigenvalue weighted by Crippen LogP contribution is 2.29. The molecule has 2 heterocycles. The van der Waals surface area contributed by atoms with Crippen molar-refractivity contribution in [1.82, 2.24) is 4.90 Å². The van der Waals surface area contributed by atoms with Crippen molar-refractivity contribution in [3.63, 3.8) is 0 Å². The summed E-state index contributed by atoms with van der Waals surface area (Å²) in [7, 11) is 1.38. The summed E-state index contributed by atoms with van der Waals surface area (Å²) in [5.74, 6) is -0.710. The molecule has 0 aromatic heterocycles. The van der Waals surface area contributed by atoms with E-state index in [9.17, 15) is 14.4 Å². The first-order chi connectivity index (χ1) is 12.5. The Hall–Kier alpha value is -2.63. The second-order valence-electron chi connectivity index (χ2n) is 6.75. The maximum atomic E-state index is 12.9. The van der Waals surface area contributed by atoms with E-state index >= 15 is 0 Å². The fraction of sp³-hybridized carbons (Fsp3) is 0.450. The summed E-state index contributed by atoms with van der Waals surface area (Å²) in [6.07, 6.45) is 4.55. The molecule has 0 aliphatic carbocycles. The lowest BCUT2D eigenvalue weighted by atomic mass is 9.96. The van der Waals surface area contributed by atoms with Crippen LogP contribution < -0.4 is 4.90 Å². The van der Waals surface area contributed by atoms with Gasteiger partial charge in [0.25, 0.3) is 5.91 Å². The highest BCUT2D eigenvalue weighted by atomic mass is 16.5. The number of amides is 2. The minimum Gasteiger partial charge on any atom is -0.469 e. The number of esters is 1.